The topological polar surface area (TPSA) is 78.5 Å². The minimum absolute atomic E-state index is 0.225. The standard InChI is InChI=1S/C8H15NO4/c1-2-3-4-9-7(10)5-13-6-8(11)12/h2-6H2,1H3,(H,9,10)(H,11,12)/p-1. The summed E-state index contributed by atoms with van der Waals surface area (Å²) in [5.74, 6) is -1.61. The molecule has 0 radical (unpaired) electrons. The first-order valence-electron chi connectivity index (χ1n) is 4.21. The van der Waals surface area contributed by atoms with Gasteiger partial charge in [-0.25, -0.2) is 0 Å². The smallest absolute Gasteiger partial charge is 0.246 e. The molecule has 76 valence electrons. The maximum Gasteiger partial charge on any atom is 0.246 e. The highest BCUT2D eigenvalue weighted by molar-refractivity contribution is 5.77. The van der Waals surface area contributed by atoms with Crippen LogP contribution in [0.2, 0.25) is 0 Å². The highest BCUT2D eigenvalue weighted by atomic mass is 16.5. The van der Waals surface area contributed by atoms with Crippen molar-refractivity contribution in [2.24, 2.45) is 0 Å². The molecular weight excluding hydrogens is 174 g/mol. The molecule has 0 aromatic heterocycles. The summed E-state index contributed by atoms with van der Waals surface area (Å²) in [4.78, 5) is 20.7. The van der Waals surface area contributed by atoms with Gasteiger partial charge in [-0.1, -0.05) is 13.3 Å². The highest BCUT2D eigenvalue weighted by Crippen LogP contribution is 1.82. The number of aliphatic carboxylic acids is 1. The Bertz CT molecular complexity index is 170. The van der Waals surface area contributed by atoms with Gasteiger partial charge < -0.3 is 20.0 Å². The molecule has 0 saturated heterocycles. The van der Waals surface area contributed by atoms with E-state index in [4.69, 9.17) is 0 Å². The van der Waals surface area contributed by atoms with Gasteiger partial charge in [-0.2, -0.15) is 0 Å². The van der Waals surface area contributed by atoms with Crippen LogP contribution < -0.4 is 10.4 Å². The molecule has 1 N–H and O–H groups in total. The molecule has 5 nitrogen and oxygen atoms in total. The third-order valence-electron chi connectivity index (χ3n) is 1.31. The molecule has 1 amide bonds. The van der Waals surface area contributed by atoms with Gasteiger partial charge in [-0.05, 0) is 6.42 Å². The SMILES string of the molecule is CCCCNC(=O)COCC(=O)[O-]. The summed E-state index contributed by atoms with van der Waals surface area (Å²) in [6.45, 7) is 1.85. The van der Waals surface area contributed by atoms with E-state index in [1.807, 2.05) is 6.92 Å². The number of hydrogen-bond donors (Lipinski definition) is 1. The van der Waals surface area contributed by atoms with Crippen molar-refractivity contribution in [3.63, 3.8) is 0 Å². The summed E-state index contributed by atoms with van der Waals surface area (Å²) in [5.41, 5.74) is 0. The van der Waals surface area contributed by atoms with Crippen molar-refractivity contribution < 1.29 is 19.4 Å². The molecule has 0 atom stereocenters. The molecular formula is C8H14NO4-. The van der Waals surface area contributed by atoms with E-state index in [0.29, 0.717) is 6.54 Å². The zero-order valence-electron chi connectivity index (χ0n) is 7.67. The zero-order chi connectivity index (χ0) is 10.1. The van der Waals surface area contributed by atoms with Crippen LogP contribution in [-0.4, -0.2) is 31.6 Å². The molecule has 0 heterocycles. The monoisotopic (exact) mass is 188 g/mol. The predicted molar refractivity (Wildman–Crippen MR) is 43.7 cm³/mol. The fourth-order valence-corrected chi connectivity index (χ4v) is 0.683. The van der Waals surface area contributed by atoms with E-state index in [-0.39, 0.29) is 12.5 Å². The molecule has 0 rings (SSSR count). The largest absolute Gasteiger partial charge is 0.548 e. The van der Waals surface area contributed by atoms with Gasteiger partial charge in [0.25, 0.3) is 0 Å². The van der Waals surface area contributed by atoms with Gasteiger partial charge in [0.1, 0.15) is 6.61 Å². The Balaban J connectivity index is 3.25. The number of carbonyl (C=O) groups excluding carboxylic acids is 2. The van der Waals surface area contributed by atoms with E-state index in [1.165, 1.54) is 0 Å². The molecule has 13 heavy (non-hydrogen) atoms. The lowest BCUT2D eigenvalue weighted by Gasteiger charge is -2.05. The van der Waals surface area contributed by atoms with Gasteiger partial charge in [-0.3, -0.25) is 4.79 Å². The van der Waals surface area contributed by atoms with Crippen molar-refractivity contribution in [3.05, 3.63) is 0 Å². The Labute approximate surface area is 77.1 Å². The number of carboxylic acids is 1. The average molecular weight is 188 g/mol. The Morgan fingerprint density at radius 3 is 2.62 bits per heavy atom. The van der Waals surface area contributed by atoms with Crippen LogP contribution in [0, 0.1) is 0 Å². The third-order valence-corrected chi connectivity index (χ3v) is 1.31. The number of rotatable bonds is 7. The summed E-state index contributed by atoms with van der Waals surface area (Å²) in [6.07, 6.45) is 1.91. The van der Waals surface area contributed by atoms with Crippen LogP contribution in [0.25, 0.3) is 0 Å². The van der Waals surface area contributed by atoms with E-state index < -0.39 is 12.6 Å². The number of nitrogens with one attached hydrogen (secondary N) is 1. The fraction of sp³-hybridized carbons (Fsp3) is 0.750. The van der Waals surface area contributed by atoms with Crippen LogP contribution in [0.1, 0.15) is 19.8 Å². The number of unbranched alkanes of at least 4 members (excludes halogenated alkanes) is 1. The lowest BCUT2D eigenvalue weighted by Crippen LogP contribution is -2.32. The first kappa shape index (κ1) is 11.9. The molecule has 0 unspecified atom stereocenters. The van der Waals surface area contributed by atoms with Crippen LogP contribution >= 0.6 is 0 Å². The van der Waals surface area contributed by atoms with Crippen LogP contribution in [0.4, 0.5) is 0 Å². The quantitative estimate of drug-likeness (QED) is 0.502. The van der Waals surface area contributed by atoms with Crippen LogP contribution in [0.15, 0.2) is 0 Å². The molecule has 0 saturated carbocycles. The van der Waals surface area contributed by atoms with Gasteiger partial charge in [0, 0.05) is 6.54 Å². The van der Waals surface area contributed by atoms with Crippen molar-refractivity contribution in [1.29, 1.82) is 0 Å². The van der Waals surface area contributed by atoms with E-state index in [0.717, 1.165) is 12.8 Å². The Hall–Kier alpha value is -1.10. The van der Waals surface area contributed by atoms with E-state index in [1.54, 1.807) is 0 Å². The van der Waals surface area contributed by atoms with E-state index >= 15 is 0 Å². The second-order valence-electron chi connectivity index (χ2n) is 2.57. The zero-order valence-corrected chi connectivity index (χ0v) is 7.67. The Morgan fingerprint density at radius 1 is 1.38 bits per heavy atom. The van der Waals surface area contributed by atoms with Crippen LogP contribution in [0.3, 0.4) is 0 Å². The number of amides is 1. The van der Waals surface area contributed by atoms with Crippen molar-refractivity contribution in [2.45, 2.75) is 19.8 Å². The van der Waals surface area contributed by atoms with Crippen LogP contribution in [0.5, 0.6) is 0 Å². The molecule has 0 aliphatic carbocycles. The number of ether oxygens (including phenoxy) is 1. The number of carboxylic acid groups (broad SMARTS) is 1. The minimum Gasteiger partial charge on any atom is -0.548 e. The maximum atomic E-state index is 10.8. The van der Waals surface area contributed by atoms with Gasteiger partial charge in [0.2, 0.25) is 5.91 Å². The Morgan fingerprint density at radius 2 is 2.08 bits per heavy atom. The normalized spacial score (nSPS) is 9.62. The van der Waals surface area contributed by atoms with Crippen molar-refractivity contribution in [2.75, 3.05) is 19.8 Å². The molecule has 0 bridgehead atoms. The Kier molecular flexibility index (Phi) is 6.91. The summed E-state index contributed by atoms with van der Waals surface area (Å²) in [5, 5.41) is 12.5. The lowest BCUT2D eigenvalue weighted by atomic mass is 10.3. The third kappa shape index (κ3) is 8.81. The van der Waals surface area contributed by atoms with Gasteiger partial charge in [0.15, 0.2) is 0 Å². The number of hydrogen-bond acceptors (Lipinski definition) is 4. The molecule has 0 spiro atoms. The van der Waals surface area contributed by atoms with Gasteiger partial charge >= 0.3 is 0 Å². The summed E-state index contributed by atoms with van der Waals surface area (Å²) in [7, 11) is 0. The highest BCUT2D eigenvalue weighted by Gasteiger charge is 1.99. The fourth-order valence-electron chi connectivity index (χ4n) is 0.683. The molecule has 0 aromatic rings. The predicted octanol–water partition coefficient (Wildman–Crippen LogP) is -1.33. The average Bonchev–Trinajstić information content (AvgIpc) is 2.04. The first-order valence-corrected chi connectivity index (χ1v) is 4.21. The molecule has 0 aliphatic rings. The van der Waals surface area contributed by atoms with Crippen molar-refractivity contribution in [1.82, 2.24) is 5.32 Å². The molecule has 0 fully saturated rings. The second kappa shape index (κ2) is 7.54. The van der Waals surface area contributed by atoms with E-state index in [9.17, 15) is 14.7 Å². The van der Waals surface area contributed by atoms with Gasteiger partial charge in [0.05, 0.1) is 12.6 Å². The second-order valence-corrected chi connectivity index (χ2v) is 2.57. The first-order chi connectivity index (χ1) is 6.16. The lowest BCUT2D eigenvalue weighted by molar-refractivity contribution is -0.309. The maximum absolute atomic E-state index is 10.8. The van der Waals surface area contributed by atoms with Crippen molar-refractivity contribution >= 4 is 11.9 Å². The van der Waals surface area contributed by atoms with Gasteiger partial charge in [-0.15, -0.1) is 0 Å². The summed E-state index contributed by atoms with van der Waals surface area (Å²) >= 11 is 0. The van der Waals surface area contributed by atoms with Crippen LogP contribution in [-0.2, 0) is 14.3 Å². The molecule has 0 aromatic carbocycles. The minimum atomic E-state index is -1.32. The van der Waals surface area contributed by atoms with Crippen molar-refractivity contribution in [3.8, 4) is 0 Å². The summed E-state index contributed by atoms with van der Waals surface area (Å²) < 4.78 is 4.51. The molecule has 5 heteroatoms. The summed E-state index contributed by atoms with van der Waals surface area (Å²) in [6, 6.07) is 0. The molecule has 0 aliphatic heterocycles. The number of carbonyl (C=O) groups is 2. The van der Waals surface area contributed by atoms with E-state index in [2.05, 4.69) is 10.1 Å².